The summed E-state index contributed by atoms with van der Waals surface area (Å²) in [5, 5.41) is 22.8. The second-order valence-electron chi connectivity index (χ2n) is 8.66. The van der Waals surface area contributed by atoms with Crippen LogP contribution in [-0.4, -0.2) is 31.2 Å². The number of hydrogen-bond donors (Lipinski definition) is 2. The molecule has 3 aromatic heterocycles. The van der Waals surface area contributed by atoms with E-state index in [1.54, 1.807) is 52.8 Å². The maximum Gasteiger partial charge on any atom is 0.336 e. The van der Waals surface area contributed by atoms with Crippen LogP contribution in [0.25, 0.3) is 16.7 Å². The van der Waals surface area contributed by atoms with Crippen LogP contribution in [0.5, 0.6) is 11.5 Å². The van der Waals surface area contributed by atoms with Gasteiger partial charge in [0.1, 0.15) is 23.6 Å². The van der Waals surface area contributed by atoms with E-state index in [1.807, 2.05) is 18.2 Å². The van der Waals surface area contributed by atoms with E-state index in [4.69, 9.17) is 20.8 Å². The third-order valence-corrected chi connectivity index (χ3v) is 6.29. The van der Waals surface area contributed by atoms with Gasteiger partial charge in [-0.05, 0) is 42.8 Å². The Morgan fingerprint density at radius 3 is 2.84 bits per heavy atom. The van der Waals surface area contributed by atoms with Gasteiger partial charge in [-0.3, -0.25) is 4.79 Å². The summed E-state index contributed by atoms with van der Waals surface area (Å²) in [4.78, 5) is 23.7. The predicted octanol–water partition coefficient (Wildman–Crippen LogP) is 3.57. The van der Waals surface area contributed by atoms with Crippen LogP contribution in [0.2, 0.25) is 5.02 Å². The molecule has 194 valence electrons. The van der Waals surface area contributed by atoms with E-state index in [-0.39, 0.29) is 12.4 Å². The van der Waals surface area contributed by atoms with Gasteiger partial charge in [-0.2, -0.15) is 0 Å². The molecule has 0 aliphatic rings. The number of aromatic hydroxyl groups is 1. The summed E-state index contributed by atoms with van der Waals surface area (Å²) in [6.45, 7) is 3.40. The molecular weight excluding hydrogens is 510 g/mol. The molecule has 5 aromatic rings. The number of pyridine rings is 1. The minimum absolute atomic E-state index is 0.178. The van der Waals surface area contributed by atoms with Crippen molar-refractivity contribution in [1.29, 1.82) is 0 Å². The topological polar surface area (TPSA) is 124 Å². The Hall–Kier alpha value is -4.41. The first-order chi connectivity index (χ1) is 18.4. The third-order valence-electron chi connectivity index (χ3n) is 6.06. The summed E-state index contributed by atoms with van der Waals surface area (Å²) < 4.78 is 14.7. The second-order valence-corrected chi connectivity index (χ2v) is 9.09. The van der Waals surface area contributed by atoms with Gasteiger partial charge in [-0.15, -0.1) is 5.10 Å². The zero-order valence-corrected chi connectivity index (χ0v) is 21.2. The first kappa shape index (κ1) is 25.2. The molecule has 10 nitrogen and oxygen atoms in total. The van der Waals surface area contributed by atoms with E-state index in [1.165, 1.54) is 12.1 Å². The van der Waals surface area contributed by atoms with Crippen molar-refractivity contribution in [3.8, 4) is 17.2 Å². The molecule has 0 saturated carbocycles. The Morgan fingerprint density at radius 1 is 1.13 bits per heavy atom. The molecule has 0 aliphatic heterocycles. The minimum atomic E-state index is -0.461. The molecule has 0 unspecified atom stereocenters. The van der Waals surface area contributed by atoms with E-state index in [9.17, 15) is 14.7 Å². The fourth-order valence-electron chi connectivity index (χ4n) is 4.04. The molecule has 2 N–H and O–H groups in total. The van der Waals surface area contributed by atoms with Crippen LogP contribution in [0, 0.1) is 6.92 Å². The lowest BCUT2D eigenvalue weighted by molar-refractivity contribution is 0.301. The molecule has 38 heavy (non-hydrogen) atoms. The minimum Gasteiger partial charge on any atom is -0.503 e. The Morgan fingerprint density at radius 2 is 2.00 bits per heavy atom. The van der Waals surface area contributed by atoms with E-state index < -0.39 is 11.1 Å². The number of hydrogen-bond acceptors (Lipinski definition) is 8. The van der Waals surface area contributed by atoms with Crippen molar-refractivity contribution in [3.05, 3.63) is 110 Å². The average Bonchev–Trinajstić information content (AvgIpc) is 3.38. The summed E-state index contributed by atoms with van der Waals surface area (Å²) in [5.41, 5.74) is 2.25. The lowest BCUT2D eigenvalue weighted by atomic mass is 10.1. The molecule has 2 aromatic carbocycles. The summed E-state index contributed by atoms with van der Waals surface area (Å²) in [7, 11) is 0. The van der Waals surface area contributed by atoms with Gasteiger partial charge in [-0.25, -0.2) is 9.48 Å². The van der Waals surface area contributed by atoms with Crippen molar-refractivity contribution in [2.24, 2.45) is 0 Å². The van der Waals surface area contributed by atoms with Gasteiger partial charge in [0.05, 0.1) is 17.6 Å². The van der Waals surface area contributed by atoms with Gasteiger partial charge in [0.15, 0.2) is 5.75 Å². The maximum atomic E-state index is 12.2. The molecule has 3 heterocycles. The SMILES string of the molecule is Cc1c(O)c(=O)ccn1CCNCc1cc(=O)oc2cc(OCc3cn(-c4cccc(Cl)c4)nn3)ccc12. The van der Waals surface area contributed by atoms with Gasteiger partial charge < -0.3 is 24.1 Å². The first-order valence-electron chi connectivity index (χ1n) is 11.8. The molecule has 0 fully saturated rings. The smallest absolute Gasteiger partial charge is 0.336 e. The molecule has 0 atom stereocenters. The number of nitrogens with zero attached hydrogens (tertiary/aromatic N) is 4. The highest BCUT2D eigenvalue weighted by molar-refractivity contribution is 6.30. The van der Waals surface area contributed by atoms with Crippen LogP contribution in [0.4, 0.5) is 0 Å². The molecule has 0 saturated heterocycles. The highest BCUT2D eigenvalue weighted by Crippen LogP contribution is 2.23. The van der Waals surface area contributed by atoms with Gasteiger partial charge in [0, 0.05) is 54.4 Å². The standard InChI is InChI=1S/C27H24ClN5O5/c1-17-27(36)24(34)7-9-32(17)10-8-29-14-18-11-26(35)38-25-13-22(5-6-23(18)25)37-16-20-15-33(31-30-20)21-4-2-3-19(28)12-21/h2-7,9,11-13,15,29,36H,8,10,14,16H2,1H3. The monoisotopic (exact) mass is 533 g/mol. The number of rotatable bonds is 9. The van der Waals surface area contributed by atoms with Crippen molar-refractivity contribution in [2.75, 3.05) is 6.54 Å². The van der Waals surface area contributed by atoms with Gasteiger partial charge in [0.2, 0.25) is 5.43 Å². The number of fused-ring (bicyclic) bond motifs is 1. The highest BCUT2D eigenvalue weighted by Gasteiger charge is 2.10. The largest absolute Gasteiger partial charge is 0.503 e. The summed E-state index contributed by atoms with van der Waals surface area (Å²) >= 11 is 6.05. The lowest BCUT2D eigenvalue weighted by Crippen LogP contribution is -2.22. The first-order valence-corrected chi connectivity index (χ1v) is 12.2. The highest BCUT2D eigenvalue weighted by atomic mass is 35.5. The van der Waals surface area contributed by atoms with Crippen LogP contribution < -0.4 is 21.1 Å². The average molecular weight is 534 g/mol. The number of ether oxygens (including phenoxy) is 1. The molecular formula is C27H24ClN5O5. The van der Waals surface area contributed by atoms with Crippen LogP contribution >= 0.6 is 11.6 Å². The zero-order valence-electron chi connectivity index (χ0n) is 20.4. The summed E-state index contributed by atoms with van der Waals surface area (Å²) in [6.07, 6.45) is 3.40. The van der Waals surface area contributed by atoms with Crippen molar-refractivity contribution < 1.29 is 14.3 Å². The quantitative estimate of drug-likeness (QED) is 0.218. The number of halogens is 1. The van der Waals surface area contributed by atoms with Crippen molar-refractivity contribution in [1.82, 2.24) is 24.9 Å². The summed E-state index contributed by atoms with van der Waals surface area (Å²) in [5.74, 6) is 0.277. The fraction of sp³-hybridized carbons (Fsp3) is 0.185. The molecule has 0 spiro atoms. The van der Waals surface area contributed by atoms with Gasteiger partial charge >= 0.3 is 5.63 Å². The number of aromatic nitrogens is 4. The van der Waals surface area contributed by atoms with E-state index in [0.29, 0.717) is 47.4 Å². The van der Waals surface area contributed by atoms with E-state index in [0.717, 1.165) is 16.6 Å². The zero-order chi connectivity index (χ0) is 26.6. The second kappa shape index (κ2) is 10.9. The van der Waals surface area contributed by atoms with Gasteiger partial charge in [0.25, 0.3) is 0 Å². The third kappa shape index (κ3) is 5.61. The molecule has 0 aliphatic carbocycles. The van der Waals surface area contributed by atoms with Crippen LogP contribution in [0.3, 0.4) is 0 Å². The van der Waals surface area contributed by atoms with Crippen LogP contribution in [-0.2, 0) is 19.7 Å². The van der Waals surface area contributed by atoms with Crippen molar-refractivity contribution >= 4 is 22.6 Å². The Balaban J connectivity index is 1.23. The molecule has 0 radical (unpaired) electrons. The van der Waals surface area contributed by atoms with Crippen LogP contribution in [0.15, 0.2) is 81.0 Å². The normalized spacial score (nSPS) is 11.2. The fourth-order valence-corrected chi connectivity index (χ4v) is 4.22. The van der Waals surface area contributed by atoms with Crippen LogP contribution in [0.1, 0.15) is 17.0 Å². The Bertz CT molecular complexity index is 1730. The maximum absolute atomic E-state index is 12.2. The van der Waals surface area contributed by atoms with E-state index >= 15 is 0 Å². The van der Waals surface area contributed by atoms with E-state index in [2.05, 4.69) is 15.6 Å². The lowest BCUT2D eigenvalue weighted by Gasteiger charge is -2.13. The molecule has 11 heteroatoms. The van der Waals surface area contributed by atoms with Gasteiger partial charge in [-0.1, -0.05) is 22.9 Å². The molecule has 0 amide bonds. The van der Waals surface area contributed by atoms with Crippen molar-refractivity contribution in [3.63, 3.8) is 0 Å². The Labute approximate surface area is 221 Å². The molecule has 0 bridgehead atoms. The van der Waals surface area contributed by atoms with Crippen molar-refractivity contribution in [2.45, 2.75) is 26.6 Å². The number of nitrogens with one attached hydrogen (secondary N) is 1. The molecule has 5 rings (SSSR count). The predicted molar refractivity (Wildman–Crippen MR) is 142 cm³/mol. The summed E-state index contributed by atoms with van der Waals surface area (Å²) in [6, 6.07) is 15.4. The Kier molecular flexibility index (Phi) is 7.25. The number of benzene rings is 2.